The molecule has 0 aromatic rings. The van der Waals surface area contributed by atoms with Crippen LogP contribution in [0.4, 0.5) is 0 Å². The van der Waals surface area contributed by atoms with Crippen LogP contribution < -0.4 is 0 Å². The lowest BCUT2D eigenvalue weighted by atomic mass is 10.1. The summed E-state index contributed by atoms with van der Waals surface area (Å²) in [5.41, 5.74) is 0. The van der Waals surface area contributed by atoms with Crippen molar-refractivity contribution in [3.05, 3.63) is 72.9 Å². The molecule has 0 saturated heterocycles. The van der Waals surface area contributed by atoms with Crippen molar-refractivity contribution in [3.63, 3.8) is 0 Å². The maximum absolute atomic E-state index is 12.8. The van der Waals surface area contributed by atoms with Crippen molar-refractivity contribution < 1.29 is 38.2 Å². The summed E-state index contributed by atoms with van der Waals surface area (Å²) in [4.78, 5) is 37.1. The molecule has 0 spiro atoms. The second-order valence-corrected chi connectivity index (χ2v) is 17.4. The van der Waals surface area contributed by atoms with Crippen molar-refractivity contribution in [1.82, 2.24) is 0 Å². The number of hydrogen-bond donors (Lipinski definition) is 1. The SMILES string of the molecule is CCCCC/C=C/C/C=C/C/C=C/C/C=C/CCCC(=O)OCC(COCCC(C(=O)O)[N+](C)(C)C)OC(=O)CCCCCCCCCCCC/C=C/C=C/CCCCCC. The van der Waals surface area contributed by atoms with E-state index in [1.165, 1.54) is 109 Å². The van der Waals surface area contributed by atoms with Crippen molar-refractivity contribution in [2.75, 3.05) is 41.0 Å². The number of allylic oxidation sites excluding steroid dienone is 12. The van der Waals surface area contributed by atoms with Crippen LogP contribution in [-0.4, -0.2) is 80.6 Å². The molecule has 0 aliphatic carbocycles. The molecule has 0 heterocycles. The third-order valence-corrected chi connectivity index (χ3v) is 10.6. The van der Waals surface area contributed by atoms with E-state index in [9.17, 15) is 19.5 Å². The largest absolute Gasteiger partial charge is 0.477 e. The fourth-order valence-electron chi connectivity index (χ4n) is 6.78. The number of hydrogen-bond acceptors (Lipinski definition) is 6. The predicted octanol–water partition coefficient (Wildman–Crippen LogP) is 13.9. The Labute approximate surface area is 374 Å². The van der Waals surface area contributed by atoms with Crippen LogP contribution in [0.3, 0.4) is 0 Å². The summed E-state index contributed by atoms with van der Waals surface area (Å²) in [6, 6.07) is -0.627. The van der Waals surface area contributed by atoms with Gasteiger partial charge < -0.3 is 23.8 Å². The normalized spacial score (nSPS) is 13.5. The molecule has 0 aliphatic heterocycles. The van der Waals surface area contributed by atoms with E-state index in [-0.39, 0.29) is 42.7 Å². The minimum atomic E-state index is -0.884. The van der Waals surface area contributed by atoms with E-state index in [1.54, 1.807) is 0 Å². The molecular weight excluding hydrogens is 763 g/mol. The first-order valence-corrected chi connectivity index (χ1v) is 24.5. The Morgan fingerprint density at radius 3 is 1.46 bits per heavy atom. The molecule has 0 rings (SSSR count). The fraction of sp³-hybridized carbons (Fsp3) is 0.717. The fourth-order valence-corrected chi connectivity index (χ4v) is 6.78. The van der Waals surface area contributed by atoms with Gasteiger partial charge in [-0.2, -0.15) is 0 Å². The number of ether oxygens (including phenoxy) is 3. The number of nitrogens with zero attached hydrogens (tertiary/aromatic N) is 1. The third-order valence-electron chi connectivity index (χ3n) is 10.6. The average Bonchev–Trinajstić information content (AvgIpc) is 3.22. The van der Waals surface area contributed by atoms with E-state index in [0.29, 0.717) is 19.3 Å². The Morgan fingerprint density at radius 2 is 0.934 bits per heavy atom. The topological polar surface area (TPSA) is 99.1 Å². The van der Waals surface area contributed by atoms with Gasteiger partial charge in [-0.15, -0.1) is 0 Å². The van der Waals surface area contributed by atoms with Crippen LogP contribution in [0.15, 0.2) is 72.9 Å². The highest BCUT2D eigenvalue weighted by atomic mass is 16.6. The lowest BCUT2D eigenvalue weighted by Gasteiger charge is -2.31. The van der Waals surface area contributed by atoms with Gasteiger partial charge in [-0.3, -0.25) is 9.59 Å². The molecule has 8 nitrogen and oxygen atoms in total. The Morgan fingerprint density at radius 1 is 0.508 bits per heavy atom. The molecule has 8 heteroatoms. The van der Waals surface area contributed by atoms with Gasteiger partial charge in [0.2, 0.25) is 0 Å². The number of unbranched alkanes of at least 4 members (excludes halogenated alkanes) is 18. The molecule has 0 aliphatic rings. The van der Waals surface area contributed by atoms with Gasteiger partial charge in [0.05, 0.1) is 34.4 Å². The monoisotopic (exact) mass is 855 g/mol. The van der Waals surface area contributed by atoms with E-state index in [1.807, 2.05) is 21.1 Å². The summed E-state index contributed by atoms with van der Waals surface area (Å²) in [7, 11) is 5.51. The molecule has 0 amide bonds. The Kier molecular flexibility index (Phi) is 41.1. The van der Waals surface area contributed by atoms with Crippen LogP contribution in [0.1, 0.15) is 194 Å². The molecule has 0 bridgehead atoms. The summed E-state index contributed by atoms with van der Waals surface area (Å²) in [6.45, 7) is 4.63. The van der Waals surface area contributed by atoms with Gasteiger partial charge in [-0.05, 0) is 77.0 Å². The van der Waals surface area contributed by atoms with Crippen molar-refractivity contribution >= 4 is 17.9 Å². The zero-order valence-electron chi connectivity index (χ0n) is 39.8. The zero-order valence-corrected chi connectivity index (χ0v) is 39.8. The minimum Gasteiger partial charge on any atom is -0.477 e. The first kappa shape index (κ1) is 57.8. The average molecular weight is 855 g/mol. The first-order chi connectivity index (χ1) is 29.6. The molecule has 1 N–H and O–H groups in total. The second-order valence-electron chi connectivity index (χ2n) is 17.4. The van der Waals surface area contributed by atoms with E-state index >= 15 is 0 Å². The number of carbonyl (C=O) groups is 3. The molecule has 0 saturated carbocycles. The minimum absolute atomic E-state index is 0.0397. The third kappa shape index (κ3) is 41.9. The molecule has 2 atom stereocenters. The standard InChI is InChI=1S/C53H91NO7/c1-6-8-10-12-14-16-18-20-22-24-25-26-28-30-32-34-36-38-40-42-44-52(56)61-49(47-59-46-45-50(53(57)58)54(3,4)5)48-60-51(55)43-41-39-37-35-33-31-29-27-23-21-19-17-15-13-11-9-7-2/h15-18,20-23,29,31,35,37,49-50H,6-14,19,24-28,30,32-34,36,38-48H2,1-5H3/p+1/b17-15+,18-16+,22-20+,23-21+,31-29+,37-35+. The van der Waals surface area contributed by atoms with E-state index < -0.39 is 18.1 Å². The summed E-state index contributed by atoms with van der Waals surface area (Å²) in [5, 5.41) is 9.64. The lowest BCUT2D eigenvalue weighted by molar-refractivity contribution is -0.887. The van der Waals surface area contributed by atoms with Crippen LogP contribution in [-0.2, 0) is 28.6 Å². The molecule has 0 aromatic carbocycles. The molecular formula is C53H92NO7+. The molecule has 0 radical (unpaired) electrons. The quantitative estimate of drug-likeness (QED) is 0.0214. The Hall–Kier alpha value is -3.23. The number of carbonyl (C=O) groups excluding carboxylic acids is 2. The van der Waals surface area contributed by atoms with Gasteiger partial charge in [-0.1, -0.05) is 170 Å². The number of aliphatic carboxylic acids is 1. The molecule has 0 fully saturated rings. The Balaban J connectivity index is 4.37. The van der Waals surface area contributed by atoms with Gasteiger partial charge in [0.25, 0.3) is 0 Å². The van der Waals surface area contributed by atoms with Gasteiger partial charge in [0.1, 0.15) is 6.61 Å². The highest BCUT2D eigenvalue weighted by Gasteiger charge is 2.31. The van der Waals surface area contributed by atoms with Crippen molar-refractivity contribution in [1.29, 1.82) is 0 Å². The first-order valence-electron chi connectivity index (χ1n) is 24.5. The van der Waals surface area contributed by atoms with Gasteiger partial charge in [-0.25, -0.2) is 4.79 Å². The number of rotatable bonds is 43. The molecule has 350 valence electrons. The maximum Gasteiger partial charge on any atom is 0.362 e. The summed E-state index contributed by atoms with van der Waals surface area (Å²) in [5.74, 6) is -1.55. The summed E-state index contributed by atoms with van der Waals surface area (Å²) >= 11 is 0. The number of esters is 2. The van der Waals surface area contributed by atoms with Gasteiger partial charge >= 0.3 is 17.9 Å². The Bertz CT molecular complexity index is 1230. The molecule has 2 unspecified atom stereocenters. The number of carboxylic acid groups (broad SMARTS) is 1. The van der Waals surface area contributed by atoms with Crippen LogP contribution in [0, 0.1) is 0 Å². The maximum atomic E-state index is 12.8. The van der Waals surface area contributed by atoms with Gasteiger partial charge in [0, 0.05) is 19.3 Å². The van der Waals surface area contributed by atoms with Crippen molar-refractivity contribution in [2.45, 2.75) is 206 Å². The van der Waals surface area contributed by atoms with E-state index in [4.69, 9.17) is 14.2 Å². The van der Waals surface area contributed by atoms with Crippen LogP contribution in [0.25, 0.3) is 0 Å². The lowest BCUT2D eigenvalue weighted by Crippen LogP contribution is -2.50. The number of likely N-dealkylation sites (N-methyl/N-ethyl adjacent to an activating group) is 1. The number of carboxylic acids is 1. The zero-order chi connectivity index (χ0) is 44.9. The van der Waals surface area contributed by atoms with Crippen molar-refractivity contribution in [3.8, 4) is 0 Å². The van der Waals surface area contributed by atoms with Crippen LogP contribution in [0.2, 0.25) is 0 Å². The van der Waals surface area contributed by atoms with Crippen LogP contribution in [0.5, 0.6) is 0 Å². The summed E-state index contributed by atoms with van der Waals surface area (Å²) < 4.78 is 17.3. The van der Waals surface area contributed by atoms with Crippen molar-refractivity contribution in [2.24, 2.45) is 0 Å². The van der Waals surface area contributed by atoms with Crippen LogP contribution >= 0.6 is 0 Å². The highest BCUT2D eigenvalue weighted by Crippen LogP contribution is 2.14. The number of quaternary nitrogens is 1. The second kappa shape index (κ2) is 43.4. The summed E-state index contributed by atoms with van der Waals surface area (Å²) in [6.07, 6.45) is 55.2. The highest BCUT2D eigenvalue weighted by molar-refractivity contribution is 5.72. The molecule has 61 heavy (non-hydrogen) atoms. The smallest absolute Gasteiger partial charge is 0.362 e. The predicted molar refractivity (Wildman–Crippen MR) is 257 cm³/mol. The van der Waals surface area contributed by atoms with Gasteiger partial charge in [0.15, 0.2) is 12.1 Å². The van der Waals surface area contributed by atoms with E-state index in [2.05, 4.69) is 86.8 Å². The molecule has 0 aromatic heterocycles. The van der Waals surface area contributed by atoms with E-state index in [0.717, 1.165) is 44.9 Å².